The monoisotopic (exact) mass is 287 g/mol. The number of hydrogen-bond acceptors (Lipinski definition) is 4. The molecule has 4 heteroatoms. The maximum absolute atomic E-state index is 4.57. The highest BCUT2D eigenvalue weighted by molar-refractivity contribution is 7.19. The van der Waals surface area contributed by atoms with Crippen molar-refractivity contribution in [1.82, 2.24) is 9.97 Å². The van der Waals surface area contributed by atoms with Crippen LogP contribution >= 0.6 is 11.3 Å². The zero-order chi connectivity index (χ0) is 13.5. The van der Waals surface area contributed by atoms with Crippen molar-refractivity contribution in [2.24, 2.45) is 5.92 Å². The van der Waals surface area contributed by atoms with Gasteiger partial charge in [0.05, 0.1) is 5.39 Å². The summed E-state index contributed by atoms with van der Waals surface area (Å²) in [6.07, 6.45) is 10.8. The molecule has 2 unspecified atom stereocenters. The first kappa shape index (κ1) is 12.6. The Kier molecular flexibility index (Phi) is 3.14. The van der Waals surface area contributed by atoms with E-state index in [0.29, 0.717) is 6.04 Å². The Bertz CT molecular complexity index is 634. The third-order valence-corrected chi connectivity index (χ3v) is 6.13. The first-order valence-corrected chi connectivity index (χ1v) is 8.66. The van der Waals surface area contributed by atoms with Gasteiger partial charge in [0.1, 0.15) is 17.0 Å². The number of rotatable bonds is 2. The Morgan fingerprint density at radius 2 is 2.05 bits per heavy atom. The largest absolute Gasteiger partial charge is 0.366 e. The number of anilines is 1. The van der Waals surface area contributed by atoms with Crippen LogP contribution in [0.5, 0.6) is 0 Å². The first-order chi connectivity index (χ1) is 9.83. The van der Waals surface area contributed by atoms with E-state index >= 15 is 0 Å². The molecule has 2 aromatic heterocycles. The molecule has 0 amide bonds. The van der Waals surface area contributed by atoms with Gasteiger partial charge >= 0.3 is 0 Å². The van der Waals surface area contributed by atoms with Gasteiger partial charge in [0.15, 0.2) is 0 Å². The molecule has 0 saturated heterocycles. The number of hydrogen-bond donors (Lipinski definition) is 1. The van der Waals surface area contributed by atoms with Crippen LogP contribution in [0, 0.1) is 5.92 Å². The molecule has 0 spiro atoms. The van der Waals surface area contributed by atoms with Gasteiger partial charge in [-0.05, 0) is 43.6 Å². The molecule has 20 heavy (non-hydrogen) atoms. The lowest BCUT2D eigenvalue weighted by Crippen LogP contribution is -2.30. The second-order valence-electron chi connectivity index (χ2n) is 6.27. The Labute approximate surface area is 123 Å². The van der Waals surface area contributed by atoms with Crippen molar-refractivity contribution in [1.29, 1.82) is 0 Å². The molecule has 1 saturated carbocycles. The number of fused-ring (bicyclic) bond motifs is 3. The summed E-state index contributed by atoms with van der Waals surface area (Å²) >= 11 is 1.87. The van der Waals surface area contributed by atoms with E-state index in [1.165, 1.54) is 60.7 Å². The van der Waals surface area contributed by atoms with Crippen LogP contribution in [0.3, 0.4) is 0 Å². The van der Waals surface area contributed by atoms with E-state index < -0.39 is 0 Å². The molecule has 0 aliphatic heterocycles. The Balaban J connectivity index is 1.72. The lowest BCUT2D eigenvalue weighted by molar-refractivity contribution is 0.349. The fourth-order valence-electron chi connectivity index (χ4n) is 3.74. The number of aromatic nitrogens is 2. The van der Waals surface area contributed by atoms with Crippen LogP contribution in [0.1, 0.15) is 49.5 Å². The summed E-state index contributed by atoms with van der Waals surface area (Å²) in [5, 5.41) is 5.07. The van der Waals surface area contributed by atoms with Crippen LogP contribution < -0.4 is 5.32 Å². The van der Waals surface area contributed by atoms with E-state index in [0.717, 1.165) is 11.7 Å². The van der Waals surface area contributed by atoms with Gasteiger partial charge in [-0.2, -0.15) is 0 Å². The minimum absolute atomic E-state index is 0.582. The van der Waals surface area contributed by atoms with E-state index in [9.17, 15) is 0 Å². The van der Waals surface area contributed by atoms with E-state index in [1.54, 1.807) is 11.2 Å². The zero-order valence-corrected chi connectivity index (χ0v) is 12.8. The number of aryl methyl sites for hydroxylation is 2. The summed E-state index contributed by atoms with van der Waals surface area (Å²) in [7, 11) is 0. The molecule has 2 atom stereocenters. The van der Waals surface area contributed by atoms with Crippen molar-refractivity contribution in [3.8, 4) is 0 Å². The average Bonchev–Trinajstić information content (AvgIpc) is 3.02. The molecule has 2 aliphatic carbocycles. The highest BCUT2D eigenvalue weighted by atomic mass is 32.1. The summed E-state index contributed by atoms with van der Waals surface area (Å²) in [6.45, 7) is 2.37. The molecule has 4 rings (SSSR count). The van der Waals surface area contributed by atoms with Gasteiger partial charge in [0, 0.05) is 10.9 Å². The van der Waals surface area contributed by atoms with Crippen molar-refractivity contribution in [3.05, 3.63) is 16.8 Å². The Hall–Kier alpha value is -1.16. The molecular formula is C16H21N3S. The highest BCUT2D eigenvalue weighted by Crippen LogP contribution is 2.39. The predicted molar refractivity (Wildman–Crippen MR) is 84.5 cm³/mol. The number of nitrogens with zero attached hydrogens (tertiary/aromatic N) is 2. The maximum atomic E-state index is 4.57. The van der Waals surface area contributed by atoms with Crippen molar-refractivity contribution >= 4 is 27.4 Å². The third kappa shape index (κ3) is 2.01. The van der Waals surface area contributed by atoms with Crippen LogP contribution in [-0.2, 0) is 12.8 Å². The summed E-state index contributed by atoms with van der Waals surface area (Å²) in [5.74, 6) is 1.84. The molecule has 1 N–H and O–H groups in total. The van der Waals surface area contributed by atoms with Crippen LogP contribution in [0.15, 0.2) is 6.33 Å². The van der Waals surface area contributed by atoms with Gasteiger partial charge in [-0.3, -0.25) is 0 Å². The lowest BCUT2D eigenvalue weighted by atomic mass is 9.86. The normalized spacial score (nSPS) is 25.9. The van der Waals surface area contributed by atoms with E-state index in [1.807, 2.05) is 11.3 Å². The molecule has 2 aliphatic rings. The van der Waals surface area contributed by atoms with Crippen molar-refractivity contribution in [3.63, 3.8) is 0 Å². The van der Waals surface area contributed by atoms with Crippen molar-refractivity contribution in [2.75, 3.05) is 5.32 Å². The minimum Gasteiger partial charge on any atom is -0.366 e. The SMILES string of the molecule is CC1CCCCC1Nc1ncnc2sc3c(c12)CCC3. The zero-order valence-electron chi connectivity index (χ0n) is 12.0. The molecule has 1 fully saturated rings. The summed E-state index contributed by atoms with van der Waals surface area (Å²) < 4.78 is 0. The fraction of sp³-hybridized carbons (Fsp3) is 0.625. The molecule has 0 aromatic carbocycles. The van der Waals surface area contributed by atoms with Crippen molar-refractivity contribution in [2.45, 2.75) is 57.9 Å². The topological polar surface area (TPSA) is 37.8 Å². The van der Waals surface area contributed by atoms with Crippen LogP contribution in [0.2, 0.25) is 0 Å². The highest BCUT2D eigenvalue weighted by Gasteiger charge is 2.25. The van der Waals surface area contributed by atoms with Gasteiger partial charge in [0.25, 0.3) is 0 Å². The predicted octanol–water partition coefficient (Wildman–Crippen LogP) is 4.17. The lowest BCUT2D eigenvalue weighted by Gasteiger charge is -2.30. The van der Waals surface area contributed by atoms with Crippen LogP contribution in [-0.4, -0.2) is 16.0 Å². The first-order valence-electron chi connectivity index (χ1n) is 7.84. The van der Waals surface area contributed by atoms with Crippen LogP contribution in [0.25, 0.3) is 10.2 Å². The summed E-state index contributed by atoms with van der Waals surface area (Å²) in [4.78, 5) is 11.8. The molecule has 2 heterocycles. The van der Waals surface area contributed by atoms with Gasteiger partial charge in [-0.1, -0.05) is 19.8 Å². The second-order valence-corrected chi connectivity index (χ2v) is 7.36. The summed E-state index contributed by atoms with van der Waals surface area (Å²) in [6, 6.07) is 0.582. The minimum atomic E-state index is 0.582. The van der Waals surface area contributed by atoms with Gasteiger partial charge in [-0.25, -0.2) is 9.97 Å². The molecule has 3 nitrogen and oxygen atoms in total. The van der Waals surface area contributed by atoms with E-state index in [2.05, 4.69) is 22.2 Å². The van der Waals surface area contributed by atoms with Gasteiger partial charge in [0.2, 0.25) is 0 Å². The summed E-state index contributed by atoms with van der Waals surface area (Å²) in [5.41, 5.74) is 1.52. The quantitative estimate of drug-likeness (QED) is 0.900. The smallest absolute Gasteiger partial charge is 0.138 e. The van der Waals surface area contributed by atoms with E-state index in [-0.39, 0.29) is 0 Å². The molecule has 0 radical (unpaired) electrons. The van der Waals surface area contributed by atoms with Gasteiger partial charge < -0.3 is 5.32 Å². The standard InChI is InChI=1S/C16H21N3S/c1-10-5-2-3-7-12(10)19-15-14-11-6-4-8-13(11)20-16(14)18-9-17-15/h9-10,12H,2-8H2,1H3,(H,17,18,19). The van der Waals surface area contributed by atoms with Crippen LogP contribution in [0.4, 0.5) is 5.82 Å². The Morgan fingerprint density at radius 3 is 2.95 bits per heavy atom. The van der Waals surface area contributed by atoms with Gasteiger partial charge in [-0.15, -0.1) is 11.3 Å². The molecule has 0 bridgehead atoms. The van der Waals surface area contributed by atoms with Crippen molar-refractivity contribution < 1.29 is 0 Å². The maximum Gasteiger partial charge on any atom is 0.138 e. The number of thiophene rings is 1. The van der Waals surface area contributed by atoms with E-state index in [4.69, 9.17) is 0 Å². The fourth-order valence-corrected chi connectivity index (χ4v) is 4.97. The number of nitrogens with one attached hydrogen (secondary N) is 1. The molecule has 2 aromatic rings. The second kappa shape index (κ2) is 4.99. The third-order valence-electron chi connectivity index (χ3n) is 4.93. The average molecular weight is 287 g/mol. The Morgan fingerprint density at radius 1 is 1.15 bits per heavy atom. The molecule has 106 valence electrons. The molecular weight excluding hydrogens is 266 g/mol.